The third-order valence-corrected chi connectivity index (χ3v) is 9.03. The van der Waals surface area contributed by atoms with Crippen molar-refractivity contribution in [2.45, 2.75) is 26.7 Å². The van der Waals surface area contributed by atoms with Crippen LogP contribution in [0.2, 0.25) is 0 Å². The Morgan fingerprint density at radius 1 is 0.659 bits per heavy atom. The van der Waals surface area contributed by atoms with Crippen molar-refractivity contribution in [2.75, 3.05) is 50.5 Å². The first-order valence-electron chi connectivity index (χ1n) is 13.7. The number of hydrazine groups is 3. The van der Waals surface area contributed by atoms with Crippen LogP contribution in [-0.4, -0.2) is 18.1 Å². The fourth-order valence-corrected chi connectivity index (χ4v) is 6.41. The average Bonchev–Trinajstić information content (AvgIpc) is 3.78. The summed E-state index contributed by atoms with van der Waals surface area (Å²) in [5.41, 5.74) is 27.2. The molecule has 6 rings (SSSR count). The monoisotopic (exact) mass is 582 g/mol. The highest BCUT2D eigenvalue weighted by atomic mass is 32.1. The Morgan fingerprint density at radius 3 is 2.00 bits per heavy atom. The molecule has 0 radical (unpaired) electrons. The van der Waals surface area contributed by atoms with Crippen LogP contribution in [0, 0.1) is 13.8 Å². The van der Waals surface area contributed by atoms with E-state index in [0.717, 1.165) is 62.0 Å². The van der Waals surface area contributed by atoms with Crippen molar-refractivity contribution in [2.24, 2.45) is 0 Å². The SMILES string of the molecule is Cc1cc(NNc2ccc(N3CCCC3)s2)ccc1NNc1ccc(NNc2ncc(-c3ccccc3)s2)c(C)c1. The molecule has 210 valence electrons. The van der Waals surface area contributed by atoms with E-state index < -0.39 is 0 Å². The smallest absolute Gasteiger partial charge is 0.202 e. The summed E-state index contributed by atoms with van der Waals surface area (Å²) in [6.07, 6.45) is 4.47. The molecule has 0 unspecified atom stereocenters. The number of nitrogens with zero attached hydrogens (tertiary/aromatic N) is 2. The number of rotatable bonds is 11. The van der Waals surface area contributed by atoms with Crippen molar-refractivity contribution < 1.29 is 0 Å². The van der Waals surface area contributed by atoms with Crippen LogP contribution in [0.25, 0.3) is 10.4 Å². The molecule has 0 bridgehead atoms. The number of hydrogen-bond acceptors (Lipinski definition) is 10. The van der Waals surface area contributed by atoms with Gasteiger partial charge in [-0.1, -0.05) is 53.0 Å². The third-order valence-electron chi connectivity index (χ3n) is 7.00. The minimum Gasteiger partial charge on any atom is -0.363 e. The summed E-state index contributed by atoms with van der Waals surface area (Å²) in [6.45, 7) is 6.50. The molecule has 0 amide bonds. The number of thiophene rings is 1. The van der Waals surface area contributed by atoms with Crippen molar-refractivity contribution >= 4 is 60.6 Å². The summed E-state index contributed by atoms with van der Waals surface area (Å²) in [4.78, 5) is 8.07. The standard InChI is InChI=1S/C31H34N8S2/c1-21-19-25(34-37-29-14-15-30(41-29)39-16-6-7-17-39)11-12-26(21)35-33-24-10-13-27(22(2)18-24)36-38-31-32-20-28(40-31)23-8-4-3-5-9-23/h3-5,8-15,18-20,33-37H,6-7,16-17H2,1-2H3,(H,32,38). The largest absolute Gasteiger partial charge is 0.363 e. The Morgan fingerprint density at radius 2 is 1.32 bits per heavy atom. The molecule has 8 nitrogen and oxygen atoms in total. The maximum atomic E-state index is 4.49. The molecule has 1 saturated heterocycles. The Kier molecular flexibility index (Phi) is 8.11. The fraction of sp³-hybridized carbons (Fsp3) is 0.194. The van der Waals surface area contributed by atoms with Gasteiger partial charge >= 0.3 is 0 Å². The molecule has 3 heterocycles. The van der Waals surface area contributed by atoms with Crippen LogP contribution >= 0.6 is 22.7 Å². The number of benzene rings is 3. The average molecular weight is 583 g/mol. The minimum atomic E-state index is 0.818. The van der Waals surface area contributed by atoms with Gasteiger partial charge in [0.1, 0.15) is 5.00 Å². The molecule has 0 atom stereocenters. The minimum absolute atomic E-state index is 0.818. The van der Waals surface area contributed by atoms with Crippen molar-refractivity contribution in [3.05, 3.63) is 96.2 Å². The molecule has 1 fully saturated rings. The number of aromatic nitrogens is 1. The highest BCUT2D eigenvalue weighted by molar-refractivity contribution is 7.20. The highest BCUT2D eigenvalue weighted by Crippen LogP contribution is 2.33. The Hall–Kier alpha value is -4.41. The zero-order valence-electron chi connectivity index (χ0n) is 23.1. The van der Waals surface area contributed by atoms with Gasteiger partial charge in [-0.3, -0.25) is 16.3 Å². The lowest BCUT2D eigenvalue weighted by molar-refractivity contribution is 0.949. The second-order valence-electron chi connectivity index (χ2n) is 10.0. The second-order valence-corrected chi connectivity index (χ2v) is 12.1. The van der Waals surface area contributed by atoms with E-state index in [1.807, 2.05) is 36.5 Å². The van der Waals surface area contributed by atoms with Gasteiger partial charge in [0.05, 0.1) is 32.6 Å². The van der Waals surface area contributed by atoms with Crippen LogP contribution in [0.5, 0.6) is 0 Å². The Balaban J connectivity index is 0.991. The second kappa shape index (κ2) is 12.4. The van der Waals surface area contributed by atoms with Gasteiger partial charge in [0.2, 0.25) is 5.13 Å². The molecule has 0 saturated carbocycles. The molecule has 41 heavy (non-hydrogen) atoms. The first-order chi connectivity index (χ1) is 20.1. The van der Waals surface area contributed by atoms with E-state index in [0.29, 0.717) is 0 Å². The van der Waals surface area contributed by atoms with Crippen LogP contribution in [0.15, 0.2) is 85.1 Å². The van der Waals surface area contributed by atoms with Crippen molar-refractivity contribution in [3.63, 3.8) is 0 Å². The molecule has 1 aliphatic rings. The molecular weight excluding hydrogens is 549 g/mol. The zero-order chi connectivity index (χ0) is 28.0. The van der Waals surface area contributed by atoms with Gasteiger partial charge in [-0.25, -0.2) is 4.98 Å². The highest BCUT2D eigenvalue weighted by Gasteiger charge is 2.14. The molecule has 0 aliphatic carbocycles. The maximum Gasteiger partial charge on any atom is 0.202 e. The molecular formula is C31H34N8S2. The van der Waals surface area contributed by atoms with E-state index in [4.69, 9.17) is 0 Å². The van der Waals surface area contributed by atoms with Crippen LogP contribution in [0.3, 0.4) is 0 Å². The van der Waals surface area contributed by atoms with E-state index in [-0.39, 0.29) is 0 Å². The van der Waals surface area contributed by atoms with Gasteiger partial charge in [-0.05, 0) is 91.9 Å². The van der Waals surface area contributed by atoms with Crippen molar-refractivity contribution in [1.82, 2.24) is 4.98 Å². The van der Waals surface area contributed by atoms with E-state index in [1.165, 1.54) is 23.4 Å². The van der Waals surface area contributed by atoms with E-state index in [1.54, 1.807) is 22.7 Å². The molecule has 6 N–H and O–H groups in total. The lowest BCUT2D eigenvalue weighted by atomic mass is 10.2. The van der Waals surface area contributed by atoms with E-state index >= 15 is 0 Å². The lowest BCUT2D eigenvalue weighted by Crippen LogP contribution is -2.15. The molecule has 1 aliphatic heterocycles. The summed E-state index contributed by atoms with van der Waals surface area (Å²) >= 11 is 3.40. The first kappa shape index (κ1) is 26.8. The summed E-state index contributed by atoms with van der Waals surface area (Å²) in [6, 6.07) is 27.1. The molecule has 0 spiro atoms. The first-order valence-corrected chi connectivity index (χ1v) is 15.4. The van der Waals surface area contributed by atoms with E-state index in [9.17, 15) is 0 Å². The maximum absolute atomic E-state index is 4.49. The number of anilines is 7. The Bertz CT molecular complexity index is 1590. The normalized spacial score (nSPS) is 12.7. The topological polar surface area (TPSA) is 88.3 Å². The van der Waals surface area contributed by atoms with Crippen LogP contribution in [-0.2, 0) is 0 Å². The van der Waals surface area contributed by atoms with Gasteiger partial charge in [-0.2, -0.15) is 0 Å². The van der Waals surface area contributed by atoms with E-state index in [2.05, 4.69) is 105 Å². The third kappa shape index (κ3) is 6.67. The molecule has 10 heteroatoms. The summed E-state index contributed by atoms with van der Waals surface area (Å²) < 4.78 is 0. The summed E-state index contributed by atoms with van der Waals surface area (Å²) in [7, 11) is 0. The van der Waals surface area contributed by atoms with Crippen LogP contribution in [0.4, 0.5) is 37.9 Å². The zero-order valence-corrected chi connectivity index (χ0v) is 24.8. The van der Waals surface area contributed by atoms with Crippen molar-refractivity contribution in [3.8, 4) is 10.4 Å². The van der Waals surface area contributed by atoms with Gasteiger partial charge in [0.15, 0.2) is 0 Å². The molecule has 5 aromatic rings. The van der Waals surface area contributed by atoms with Gasteiger partial charge in [-0.15, -0.1) is 0 Å². The molecule has 3 aromatic carbocycles. The number of thiazole rings is 1. The summed E-state index contributed by atoms with van der Waals surface area (Å²) in [5.74, 6) is 0. The number of nitrogens with one attached hydrogen (secondary N) is 6. The predicted molar refractivity (Wildman–Crippen MR) is 177 cm³/mol. The fourth-order valence-electron chi connectivity index (χ4n) is 4.73. The van der Waals surface area contributed by atoms with Crippen LogP contribution in [0.1, 0.15) is 24.0 Å². The summed E-state index contributed by atoms with van der Waals surface area (Å²) in [5, 5.41) is 3.26. The Labute approximate surface area is 248 Å². The number of hydrogen-bond donors (Lipinski definition) is 6. The molecule has 2 aromatic heterocycles. The van der Waals surface area contributed by atoms with Gasteiger partial charge in [0.25, 0.3) is 0 Å². The van der Waals surface area contributed by atoms with Crippen LogP contribution < -0.4 is 37.5 Å². The van der Waals surface area contributed by atoms with Gasteiger partial charge < -0.3 is 21.2 Å². The van der Waals surface area contributed by atoms with Crippen molar-refractivity contribution in [1.29, 1.82) is 0 Å². The quantitative estimate of drug-likeness (QED) is 0.0866. The lowest BCUT2D eigenvalue weighted by Gasteiger charge is -2.16. The predicted octanol–water partition coefficient (Wildman–Crippen LogP) is 8.41. The number of aryl methyl sites for hydroxylation is 2. The van der Waals surface area contributed by atoms with Gasteiger partial charge in [0, 0.05) is 19.3 Å².